The largest absolute Gasteiger partial charge is 0.490 e. The van der Waals surface area contributed by atoms with Crippen LogP contribution < -0.4 is 15.0 Å². The molecule has 0 bridgehead atoms. The van der Waals surface area contributed by atoms with Gasteiger partial charge < -0.3 is 9.47 Å². The second-order valence-electron chi connectivity index (χ2n) is 5.20. The summed E-state index contributed by atoms with van der Waals surface area (Å²) in [5, 5.41) is 0. The number of benzene rings is 2. The maximum Gasteiger partial charge on any atom is 0.258 e. The molecule has 0 radical (unpaired) electrons. The van der Waals surface area contributed by atoms with E-state index in [-0.39, 0.29) is 30.4 Å². The number of hydrogen-bond donors (Lipinski definition) is 0. The Hall–Kier alpha value is -3.15. The van der Waals surface area contributed by atoms with Gasteiger partial charge in [-0.15, -0.1) is 0 Å². The summed E-state index contributed by atoms with van der Waals surface area (Å²) in [6.07, 6.45) is 1.56. The third-order valence-electron chi connectivity index (χ3n) is 3.43. The van der Waals surface area contributed by atoms with Gasteiger partial charge in [-0.05, 0) is 54.6 Å². The third kappa shape index (κ3) is 4.44. The van der Waals surface area contributed by atoms with E-state index in [9.17, 15) is 13.6 Å². The van der Waals surface area contributed by atoms with Gasteiger partial charge in [0.15, 0.2) is 0 Å². The first-order chi connectivity index (χ1) is 12.1. The summed E-state index contributed by atoms with van der Waals surface area (Å²) < 4.78 is 38.0. The SMILES string of the molecule is O=c1cc(OCCOc2ccc(F)cc2)ccn1-c1ccc(F)cc1. The Kier molecular flexibility index (Phi) is 5.09. The van der Waals surface area contributed by atoms with E-state index in [1.54, 1.807) is 12.3 Å². The van der Waals surface area contributed by atoms with E-state index in [2.05, 4.69) is 0 Å². The molecule has 1 heterocycles. The van der Waals surface area contributed by atoms with E-state index >= 15 is 0 Å². The molecule has 0 aliphatic rings. The van der Waals surface area contributed by atoms with Crippen molar-refractivity contribution in [3.05, 3.63) is 88.8 Å². The zero-order valence-electron chi connectivity index (χ0n) is 13.2. The van der Waals surface area contributed by atoms with Crippen LogP contribution in [-0.2, 0) is 0 Å². The van der Waals surface area contributed by atoms with Gasteiger partial charge in [0.05, 0.1) is 0 Å². The Morgan fingerprint density at radius 3 is 1.92 bits per heavy atom. The zero-order chi connectivity index (χ0) is 17.6. The second-order valence-corrected chi connectivity index (χ2v) is 5.20. The molecule has 3 aromatic rings. The fourth-order valence-corrected chi connectivity index (χ4v) is 2.22. The van der Waals surface area contributed by atoms with Gasteiger partial charge in [0, 0.05) is 18.0 Å². The molecule has 0 aliphatic heterocycles. The lowest BCUT2D eigenvalue weighted by Gasteiger charge is -2.10. The van der Waals surface area contributed by atoms with Crippen LogP contribution in [0.1, 0.15) is 0 Å². The molecule has 2 aromatic carbocycles. The van der Waals surface area contributed by atoms with Crippen molar-refractivity contribution in [2.24, 2.45) is 0 Å². The molecule has 128 valence electrons. The van der Waals surface area contributed by atoms with Gasteiger partial charge in [-0.25, -0.2) is 8.78 Å². The Morgan fingerprint density at radius 2 is 1.32 bits per heavy atom. The van der Waals surface area contributed by atoms with Gasteiger partial charge in [-0.1, -0.05) is 0 Å². The standard InChI is InChI=1S/C19H15F2NO3/c20-14-1-5-16(6-2-14)22-10-9-18(13-19(22)23)25-12-11-24-17-7-3-15(21)4-8-17/h1-10,13H,11-12H2. The molecular weight excluding hydrogens is 328 g/mol. The van der Waals surface area contributed by atoms with Crippen LogP contribution in [-0.4, -0.2) is 17.8 Å². The molecule has 0 saturated heterocycles. The Balaban J connectivity index is 1.57. The molecule has 0 N–H and O–H groups in total. The average molecular weight is 343 g/mol. The molecule has 0 spiro atoms. The molecule has 0 unspecified atom stereocenters. The molecular formula is C19H15F2NO3. The summed E-state index contributed by atoms with van der Waals surface area (Å²) in [7, 11) is 0. The number of rotatable bonds is 6. The summed E-state index contributed by atoms with van der Waals surface area (Å²) in [6, 6.07) is 14.3. The summed E-state index contributed by atoms with van der Waals surface area (Å²) >= 11 is 0. The van der Waals surface area contributed by atoms with Gasteiger partial charge >= 0.3 is 0 Å². The van der Waals surface area contributed by atoms with Crippen molar-refractivity contribution < 1.29 is 18.3 Å². The minimum atomic E-state index is -0.363. The molecule has 0 aliphatic carbocycles. The summed E-state index contributed by atoms with van der Waals surface area (Å²) in [4.78, 5) is 12.1. The Morgan fingerprint density at radius 1 is 0.760 bits per heavy atom. The minimum absolute atomic E-state index is 0.234. The van der Waals surface area contributed by atoms with E-state index in [0.29, 0.717) is 17.2 Å². The lowest BCUT2D eigenvalue weighted by molar-refractivity contribution is 0.216. The molecule has 4 nitrogen and oxygen atoms in total. The highest BCUT2D eigenvalue weighted by Crippen LogP contribution is 2.12. The molecule has 0 atom stereocenters. The lowest BCUT2D eigenvalue weighted by Crippen LogP contribution is -2.17. The monoisotopic (exact) mass is 343 g/mol. The normalized spacial score (nSPS) is 10.5. The van der Waals surface area contributed by atoms with E-state index in [0.717, 1.165) is 0 Å². The second kappa shape index (κ2) is 7.61. The first kappa shape index (κ1) is 16.7. The van der Waals surface area contributed by atoms with Crippen molar-refractivity contribution in [2.45, 2.75) is 0 Å². The minimum Gasteiger partial charge on any atom is -0.490 e. The van der Waals surface area contributed by atoms with Gasteiger partial charge in [0.25, 0.3) is 5.56 Å². The Labute approximate surface area is 142 Å². The van der Waals surface area contributed by atoms with Crippen LogP contribution in [0.3, 0.4) is 0 Å². The maximum absolute atomic E-state index is 12.9. The van der Waals surface area contributed by atoms with Crippen molar-refractivity contribution in [3.8, 4) is 17.2 Å². The van der Waals surface area contributed by atoms with Gasteiger partial charge in [0.1, 0.15) is 36.3 Å². The van der Waals surface area contributed by atoms with Crippen molar-refractivity contribution in [3.63, 3.8) is 0 Å². The molecule has 3 rings (SSSR count). The highest BCUT2D eigenvalue weighted by atomic mass is 19.1. The quantitative estimate of drug-likeness (QED) is 0.643. The number of hydrogen-bond acceptors (Lipinski definition) is 3. The van der Waals surface area contributed by atoms with Gasteiger partial charge in [-0.2, -0.15) is 0 Å². The number of pyridine rings is 1. The number of nitrogens with zero attached hydrogens (tertiary/aromatic N) is 1. The highest BCUT2D eigenvalue weighted by Gasteiger charge is 2.03. The summed E-state index contributed by atoms with van der Waals surface area (Å²) in [6.45, 7) is 0.490. The summed E-state index contributed by atoms with van der Waals surface area (Å²) in [5.41, 5.74) is 0.279. The predicted octanol–water partition coefficient (Wildman–Crippen LogP) is 3.57. The highest BCUT2D eigenvalue weighted by molar-refractivity contribution is 5.34. The summed E-state index contributed by atoms with van der Waals surface area (Å²) in [5.74, 6) is 0.256. The van der Waals surface area contributed by atoms with Crippen LogP contribution in [0.25, 0.3) is 5.69 Å². The van der Waals surface area contributed by atoms with Crippen LogP contribution in [0.15, 0.2) is 71.7 Å². The van der Waals surface area contributed by atoms with Crippen molar-refractivity contribution in [1.29, 1.82) is 0 Å². The first-order valence-electron chi connectivity index (χ1n) is 7.62. The number of ether oxygens (including phenoxy) is 2. The van der Waals surface area contributed by atoms with Crippen molar-refractivity contribution >= 4 is 0 Å². The van der Waals surface area contributed by atoms with Crippen LogP contribution in [0.2, 0.25) is 0 Å². The van der Waals surface area contributed by atoms with E-state index in [1.165, 1.54) is 59.2 Å². The van der Waals surface area contributed by atoms with E-state index < -0.39 is 0 Å². The molecule has 0 amide bonds. The van der Waals surface area contributed by atoms with E-state index in [1.807, 2.05) is 0 Å². The predicted molar refractivity (Wildman–Crippen MR) is 89.4 cm³/mol. The van der Waals surface area contributed by atoms with Gasteiger partial charge in [0.2, 0.25) is 0 Å². The van der Waals surface area contributed by atoms with E-state index in [4.69, 9.17) is 9.47 Å². The fourth-order valence-electron chi connectivity index (χ4n) is 2.22. The molecule has 6 heteroatoms. The Bertz CT molecular complexity index is 890. The van der Waals surface area contributed by atoms with Crippen LogP contribution in [0.4, 0.5) is 8.78 Å². The maximum atomic E-state index is 12.9. The molecule has 1 aromatic heterocycles. The van der Waals surface area contributed by atoms with Gasteiger partial charge in [-0.3, -0.25) is 9.36 Å². The fraction of sp³-hybridized carbons (Fsp3) is 0.105. The van der Waals surface area contributed by atoms with Crippen LogP contribution >= 0.6 is 0 Å². The van der Waals surface area contributed by atoms with Crippen molar-refractivity contribution in [1.82, 2.24) is 4.57 Å². The third-order valence-corrected chi connectivity index (χ3v) is 3.43. The first-order valence-corrected chi connectivity index (χ1v) is 7.62. The van der Waals surface area contributed by atoms with Crippen LogP contribution in [0, 0.1) is 11.6 Å². The smallest absolute Gasteiger partial charge is 0.258 e. The topological polar surface area (TPSA) is 40.5 Å². The molecule has 0 saturated carbocycles. The molecule has 0 fully saturated rings. The lowest BCUT2D eigenvalue weighted by atomic mass is 10.3. The molecule has 25 heavy (non-hydrogen) atoms. The average Bonchev–Trinajstić information content (AvgIpc) is 2.61. The number of halogens is 2. The van der Waals surface area contributed by atoms with Crippen LogP contribution in [0.5, 0.6) is 11.5 Å². The van der Waals surface area contributed by atoms with Crippen molar-refractivity contribution in [2.75, 3.05) is 13.2 Å². The zero-order valence-corrected chi connectivity index (χ0v) is 13.2. The number of aromatic nitrogens is 1.